The van der Waals surface area contributed by atoms with E-state index in [1.807, 2.05) is 35.2 Å². The highest BCUT2D eigenvalue weighted by Gasteiger charge is 2.14. The summed E-state index contributed by atoms with van der Waals surface area (Å²) in [5.41, 5.74) is 1.20. The number of nitrogens with zero attached hydrogens (tertiary/aromatic N) is 5. The van der Waals surface area contributed by atoms with E-state index in [1.54, 1.807) is 4.68 Å². The van der Waals surface area contributed by atoms with E-state index in [4.69, 9.17) is 0 Å². The molecule has 0 spiro atoms. The summed E-state index contributed by atoms with van der Waals surface area (Å²) in [4.78, 5) is 31.5. The van der Waals surface area contributed by atoms with Gasteiger partial charge in [-0.15, -0.1) is 0 Å². The maximum Gasteiger partial charge on any atom is 0.264 e. The normalized spacial score (nSPS) is 11.0. The first-order valence-corrected chi connectivity index (χ1v) is 9.42. The number of hydrogen-bond donors (Lipinski definition) is 0. The molecule has 0 fully saturated rings. The highest BCUT2D eigenvalue weighted by Crippen LogP contribution is 2.13. The van der Waals surface area contributed by atoms with E-state index in [0.29, 0.717) is 24.0 Å². The molecule has 0 saturated heterocycles. The molecule has 0 radical (unpaired) electrons. The molecule has 0 unspecified atom stereocenters. The van der Waals surface area contributed by atoms with Gasteiger partial charge in [0, 0.05) is 26.1 Å². The van der Waals surface area contributed by atoms with Gasteiger partial charge in [-0.1, -0.05) is 32.0 Å². The molecule has 0 bridgehead atoms. The number of rotatable bonds is 8. The standard InChI is InChI=1S/C20H25N5O2/c1-3-11-23(12-4-2)18(26)10-13-24-15-21-19-17(20(24)27)14-22-25(19)16-8-6-5-7-9-16/h5-9,14-15H,3-4,10-13H2,1-2H3. The largest absolute Gasteiger partial charge is 0.343 e. The zero-order valence-electron chi connectivity index (χ0n) is 15.8. The summed E-state index contributed by atoms with van der Waals surface area (Å²) >= 11 is 0. The number of amides is 1. The Morgan fingerprint density at radius 2 is 1.81 bits per heavy atom. The average molecular weight is 367 g/mol. The van der Waals surface area contributed by atoms with Gasteiger partial charge < -0.3 is 4.90 Å². The molecule has 0 aliphatic carbocycles. The van der Waals surface area contributed by atoms with E-state index < -0.39 is 0 Å². The molecule has 1 aromatic carbocycles. The van der Waals surface area contributed by atoms with Gasteiger partial charge in [0.25, 0.3) is 5.56 Å². The third-order valence-electron chi connectivity index (χ3n) is 4.46. The van der Waals surface area contributed by atoms with E-state index in [2.05, 4.69) is 23.9 Å². The second-order valence-corrected chi connectivity index (χ2v) is 6.50. The first kappa shape index (κ1) is 18.8. The number of para-hydroxylation sites is 1. The first-order valence-electron chi connectivity index (χ1n) is 9.42. The Morgan fingerprint density at radius 3 is 2.48 bits per heavy atom. The number of carbonyl (C=O) groups is 1. The number of aromatic nitrogens is 4. The van der Waals surface area contributed by atoms with E-state index in [0.717, 1.165) is 31.6 Å². The van der Waals surface area contributed by atoms with E-state index in [9.17, 15) is 9.59 Å². The lowest BCUT2D eigenvalue weighted by atomic mass is 10.3. The van der Waals surface area contributed by atoms with Gasteiger partial charge in [0.2, 0.25) is 5.91 Å². The van der Waals surface area contributed by atoms with Gasteiger partial charge in [-0.3, -0.25) is 14.2 Å². The molecule has 3 rings (SSSR count). The Morgan fingerprint density at radius 1 is 1.11 bits per heavy atom. The van der Waals surface area contributed by atoms with Crippen molar-refractivity contribution in [2.24, 2.45) is 0 Å². The Labute approximate surface area is 158 Å². The number of aryl methyl sites for hydroxylation is 1. The summed E-state index contributed by atoms with van der Waals surface area (Å²) in [6, 6.07) is 9.57. The van der Waals surface area contributed by atoms with Crippen LogP contribution < -0.4 is 5.56 Å². The monoisotopic (exact) mass is 367 g/mol. The summed E-state index contributed by atoms with van der Waals surface area (Å²) < 4.78 is 3.14. The molecule has 27 heavy (non-hydrogen) atoms. The Kier molecular flexibility index (Phi) is 6.01. The lowest BCUT2D eigenvalue weighted by Gasteiger charge is -2.21. The maximum absolute atomic E-state index is 12.8. The van der Waals surface area contributed by atoms with Crippen LogP contribution in [-0.2, 0) is 11.3 Å². The Bertz CT molecular complexity index is 955. The fraction of sp³-hybridized carbons (Fsp3) is 0.400. The molecule has 0 N–H and O–H groups in total. The predicted molar refractivity (Wildman–Crippen MR) is 105 cm³/mol. The molecule has 7 nitrogen and oxygen atoms in total. The van der Waals surface area contributed by atoms with Crippen LogP contribution in [0.1, 0.15) is 33.1 Å². The zero-order valence-corrected chi connectivity index (χ0v) is 15.8. The van der Waals surface area contributed by atoms with E-state index in [-0.39, 0.29) is 11.5 Å². The van der Waals surface area contributed by atoms with Crippen molar-refractivity contribution in [1.82, 2.24) is 24.2 Å². The van der Waals surface area contributed by atoms with Crippen LogP contribution in [0.5, 0.6) is 0 Å². The lowest BCUT2D eigenvalue weighted by molar-refractivity contribution is -0.131. The van der Waals surface area contributed by atoms with Crippen LogP contribution in [0, 0.1) is 0 Å². The van der Waals surface area contributed by atoms with Crippen molar-refractivity contribution < 1.29 is 4.79 Å². The molecule has 1 amide bonds. The predicted octanol–water partition coefficient (Wildman–Crippen LogP) is 2.62. The highest BCUT2D eigenvalue weighted by atomic mass is 16.2. The smallest absolute Gasteiger partial charge is 0.264 e. The summed E-state index contributed by atoms with van der Waals surface area (Å²) in [6.45, 7) is 5.94. The topological polar surface area (TPSA) is 73.0 Å². The van der Waals surface area contributed by atoms with Gasteiger partial charge in [0.15, 0.2) is 5.65 Å². The maximum atomic E-state index is 12.8. The summed E-state index contributed by atoms with van der Waals surface area (Å²) in [5, 5.41) is 4.76. The third-order valence-corrected chi connectivity index (χ3v) is 4.46. The second-order valence-electron chi connectivity index (χ2n) is 6.50. The third kappa shape index (κ3) is 4.07. The van der Waals surface area contributed by atoms with Gasteiger partial charge >= 0.3 is 0 Å². The zero-order chi connectivity index (χ0) is 19.2. The minimum atomic E-state index is -0.174. The van der Waals surface area contributed by atoms with Crippen molar-refractivity contribution >= 4 is 16.9 Å². The van der Waals surface area contributed by atoms with Crippen LogP contribution in [-0.4, -0.2) is 43.2 Å². The lowest BCUT2D eigenvalue weighted by Crippen LogP contribution is -2.34. The minimum absolute atomic E-state index is 0.0747. The summed E-state index contributed by atoms with van der Waals surface area (Å²) in [6.07, 6.45) is 5.19. The molecule has 2 heterocycles. The van der Waals surface area contributed by atoms with Crippen LogP contribution in [0.3, 0.4) is 0 Å². The number of carbonyl (C=O) groups excluding carboxylic acids is 1. The minimum Gasteiger partial charge on any atom is -0.343 e. The van der Waals surface area contributed by atoms with Crippen LogP contribution in [0.25, 0.3) is 16.7 Å². The number of hydrogen-bond acceptors (Lipinski definition) is 4. The van der Waals surface area contributed by atoms with Gasteiger partial charge in [0.1, 0.15) is 5.39 Å². The molecular weight excluding hydrogens is 342 g/mol. The molecular formula is C20H25N5O2. The molecule has 0 atom stereocenters. The van der Waals surface area contributed by atoms with Gasteiger partial charge in [-0.05, 0) is 25.0 Å². The molecule has 3 aromatic rings. The van der Waals surface area contributed by atoms with E-state index >= 15 is 0 Å². The van der Waals surface area contributed by atoms with Crippen LogP contribution in [0.15, 0.2) is 47.7 Å². The van der Waals surface area contributed by atoms with Crippen molar-refractivity contribution in [3.8, 4) is 5.69 Å². The van der Waals surface area contributed by atoms with Crippen molar-refractivity contribution in [2.45, 2.75) is 39.7 Å². The fourth-order valence-corrected chi connectivity index (χ4v) is 3.14. The first-order chi connectivity index (χ1) is 13.2. The second kappa shape index (κ2) is 8.62. The van der Waals surface area contributed by atoms with Crippen LogP contribution >= 0.6 is 0 Å². The van der Waals surface area contributed by atoms with Gasteiger partial charge in [0.05, 0.1) is 18.2 Å². The molecule has 7 heteroatoms. The van der Waals surface area contributed by atoms with Crippen molar-refractivity contribution in [1.29, 1.82) is 0 Å². The molecule has 0 saturated carbocycles. The van der Waals surface area contributed by atoms with Crippen LogP contribution in [0.4, 0.5) is 0 Å². The van der Waals surface area contributed by atoms with Gasteiger partial charge in [-0.2, -0.15) is 5.10 Å². The van der Waals surface area contributed by atoms with Crippen molar-refractivity contribution in [3.63, 3.8) is 0 Å². The number of benzene rings is 1. The van der Waals surface area contributed by atoms with Gasteiger partial charge in [-0.25, -0.2) is 9.67 Å². The van der Waals surface area contributed by atoms with Crippen LogP contribution in [0.2, 0.25) is 0 Å². The molecule has 0 aliphatic heterocycles. The quantitative estimate of drug-likeness (QED) is 0.613. The number of fused-ring (bicyclic) bond motifs is 1. The SMILES string of the molecule is CCCN(CCC)C(=O)CCn1cnc2c(cnn2-c2ccccc2)c1=O. The Hall–Kier alpha value is -2.96. The highest BCUT2D eigenvalue weighted by molar-refractivity contribution is 5.76. The fourth-order valence-electron chi connectivity index (χ4n) is 3.14. The Balaban J connectivity index is 1.80. The molecule has 0 aliphatic rings. The molecule has 142 valence electrons. The molecule has 2 aromatic heterocycles. The van der Waals surface area contributed by atoms with Crippen molar-refractivity contribution in [3.05, 3.63) is 53.2 Å². The summed E-state index contributed by atoms with van der Waals surface area (Å²) in [5.74, 6) is 0.0747. The summed E-state index contributed by atoms with van der Waals surface area (Å²) in [7, 11) is 0. The van der Waals surface area contributed by atoms with E-state index in [1.165, 1.54) is 17.1 Å². The van der Waals surface area contributed by atoms with Crippen molar-refractivity contribution in [2.75, 3.05) is 13.1 Å². The average Bonchev–Trinajstić information content (AvgIpc) is 3.13.